The van der Waals surface area contributed by atoms with Crippen molar-refractivity contribution in [2.75, 3.05) is 27.1 Å². The molecular weight excluding hydrogens is 212 g/mol. The summed E-state index contributed by atoms with van der Waals surface area (Å²) in [7, 11) is 2.08. The second-order valence-electron chi connectivity index (χ2n) is 4.94. The van der Waals surface area contributed by atoms with Gasteiger partial charge in [0, 0.05) is 26.1 Å². The van der Waals surface area contributed by atoms with Crippen LogP contribution in [0.3, 0.4) is 0 Å². The lowest BCUT2D eigenvalue weighted by atomic mass is 10.1. The van der Waals surface area contributed by atoms with Gasteiger partial charge in [0.25, 0.3) is 0 Å². The molecule has 1 heterocycles. The molecule has 1 aliphatic rings. The fourth-order valence-electron chi connectivity index (χ4n) is 2.02. The summed E-state index contributed by atoms with van der Waals surface area (Å²) in [4.78, 5) is 4.33. The van der Waals surface area contributed by atoms with Crippen LogP contribution < -0.4 is 0 Å². The Hall–Kier alpha value is -0.700. The van der Waals surface area contributed by atoms with Crippen molar-refractivity contribution in [1.82, 2.24) is 9.80 Å². The standard InChI is InChI=1S/C14H28N2O/c1-3-4-5-6-7-8-9-12-17-14-16-11-10-15(2)13-16/h10-11H,3-9,12-14H2,1-2H3. The second-order valence-corrected chi connectivity index (χ2v) is 4.94. The van der Waals surface area contributed by atoms with Crippen molar-refractivity contribution in [2.45, 2.75) is 51.9 Å². The van der Waals surface area contributed by atoms with Gasteiger partial charge in [0.2, 0.25) is 0 Å². The molecule has 0 aliphatic carbocycles. The molecule has 100 valence electrons. The smallest absolute Gasteiger partial charge is 0.119 e. The molecule has 0 N–H and O–H groups in total. The van der Waals surface area contributed by atoms with E-state index in [0.717, 1.165) is 20.0 Å². The first-order chi connectivity index (χ1) is 8.33. The summed E-state index contributed by atoms with van der Waals surface area (Å²) in [5, 5.41) is 0. The van der Waals surface area contributed by atoms with E-state index in [1.165, 1.54) is 44.9 Å². The molecule has 0 spiro atoms. The quantitative estimate of drug-likeness (QED) is 0.544. The summed E-state index contributed by atoms with van der Waals surface area (Å²) in [5.74, 6) is 0. The third-order valence-corrected chi connectivity index (χ3v) is 3.09. The fourth-order valence-corrected chi connectivity index (χ4v) is 2.02. The Bertz CT molecular complexity index is 206. The van der Waals surface area contributed by atoms with E-state index in [2.05, 4.69) is 36.2 Å². The molecular formula is C14H28N2O. The average Bonchev–Trinajstić information content (AvgIpc) is 2.73. The maximum absolute atomic E-state index is 5.64. The largest absolute Gasteiger partial charge is 0.362 e. The highest BCUT2D eigenvalue weighted by Gasteiger charge is 2.06. The van der Waals surface area contributed by atoms with Crippen LogP contribution in [0, 0.1) is 0 Å². The van der Waals surface area contributed by atoms with Gasteiger partial charge in [0.15, 0.2) is 0 Å². The molecule has 17 heavy (non-hydrogen) atoms. The van der Waals surface area contributed by atoms with Crippen LogP contribution in [0.2, 0.25) is 0 Å². The van der Waals surface area contributed by atoms with Crippen LogP contribution in [0.15, 0.2) is 12.4 Å². The predicted molar refractivity (Wildman–Crippen MR) is 72.4 cm³/mol. The monoisotopic (exact) mass is 240 g/mol. The minimum absolute atomic E-state index is 0.733. The van der Waals surface area contributed by atoms with E-state index in [1.807, 2.05) is 0 Å². The Morgan fingerprint density at radius 3 is 2.35 bits per heavy atom. The highest BCUT2D eigenvalue weighted by Crippen LogP contribution is 2.07. The predicted octanol–water partition coefficient (Wildman–Crippen LogP) is 3.39. The number of nitrogens with zero attached hydrogens (tertiary/aromatic N) is 2. The summed E-state index contributed by atoms with van der Waals surface area (Å²) < 4.78 is 5.64. The van der Waals surface area contributed by atoms with Crippen molar-refractivity contribution in [2.24, 2.45) is 0 Å². The van der Waals surface area contributed by atoms with Crippen LogP contribution in [0.4, 0.5) is 0 Å². The molecule has 0 fully saturated rings. The van der Waals surface area contributed by atoms with Crippen molar-refractivity contribution < 1.29 is 4.74 Å². The van der Waals surface area contributed by atoms with Gasteiger partial charge < -0.3 is 14.5 Å². The van der Waals surface area contributed by atoms with Crippen LogP contribution >= 0.6 is 0 Å². The van der Waals surface area contributed by atoms with Crippen LogP contribution in [0.25, 0.3) is 0 Å². The molecule has 0 radical (unpaired) electrons. The third-order valence-electron chi connectivity index (χ3n) is 3.09. The molecule has 0 atom stereocenters. The van der Waals surface area contributed by atoms with Gasteiger partial charge in [-0.2, -0.15) is 0 Å². The van der Waals surface area contributed by atoms with Crippen LogP contribution in [-0.4, -0.2) is 36.9 Å². The zero-order valence-corrected chi connectivity index (χ0v) is 11.5. The van der Waals surface area contributed by atoms with Crippen LogP contribution in [0.5, 0.6) is 0 Å². The number of hydrogen-bond acceptors (Lipinski definition) is 3. The van der Waals surface area contributed by atoms with Gasteiger partial charge >= 0.3 is 0 Å². The van der Waals surface area contributed by atoms with Gasteiger partial charge in [-0.1, -0.05) is 45.4 Å². The highest BCUT2D eigenvalue weighted by molar-refractivity contribution is 4.87. The molecule has 0 amide bonds. The lowest BCUT2D eigenvalue weighted by molar-refractivity contribution is 0.0449. The van der Waals surface area contributed by atoms with E-state index < -0.39 is 0 Å². The molecule has 0 saturated heterocycles. The van der Waals surface area contributed by atoms with E-state index in [4.69, 9.17) is 4.74 Å². The number of ether oxygens (including phenoxy) is 1. The van der Waals surface area contributed by atoms with Crippen molar-refractivity contribution in [3.63, 3.8) is 0 Å². The van der Waals surface area contributed by atoms with E-state index in [-0.39, 0.29) is 0 Å². The van der Waals surface area contributed by atoms with Crippen molar-refractivity contribution in [3.05, 3.63) is 12.4 Å². The Labute approximate surface area is 106 Å². The topological polar surface area (TPSA) is 15.7 Å². The maximum atomic E-state index is 5.64. The molecule has 3 nitrogen and oxygen atoms in total. The normalized spacial score (nSPS) is 14.9. The Balaban J connectivity index is 1.77. The zero-order chi connectivity index (χ0) is 12.3. The number of unbranched alkanes of at least 4 members (excludes halogenated alkanes) is 6. The summed E-state index contributed by atoms with van der Waals surface area (Å²) in [5.41, 5.74) is 0. The first-order valence-electron chi connectivity index (χ1n) is 7.03. The van der Waals surface area contributed by atoms with Crippen molar-refractivity contribution in [3.8, 4) is 0 Å². The molecule has 0 aromatic rings. The van der Waals surface area contributed by atoms with Gasteiger partial charge in [-0.15, -0.1) is 0 Å². The SMILES string of the molecule is CCCCCCCCCOCN1C=CN(C)C1. The van der Waals surface area contributed by atoms with Crippen LogP contribution in [0.1, 0.15) is 51.9 Å². The molecule has 1 aliphatic heterocycles. The summed E-state index contributed by atoms with van der Waals surface area (Å²) in [6.07, 6.45) is 13.6. The Morgan fingerprint density at radius 2 is 1.71 bits per heavy atom. The van der Waals surface area contributed by atoms with E-state index in [0.29, 0.717) is 0 Å². The Morgan fingerprint density at radius 1 is 1.00 bits per heavy atom. The van der Waals surface area contributed by atoms with E-state index in [9.17, 15) is 0 Å². The Kier molecular flexibility index (Phi) is 7.89. The maximum Gasteiger partial charge on any atom is 0.119 e. The first kappa shape index (κ1) is 14.4. The molecule has 0 saturated carbocycles. The highest BCUT2D eigenvalue weighted by atomic mass is 16.5. The van der Waals surface area contributed by atoms with Gasteiger partial charge in [-0.25, -0.2) is 0 Å². The second kappa shape index (κ2) is 9.34. The van der Waals surface area contributed by atoms with Gasteiger partial charge in [-0.3, -0.25) is 0 Å². The molecule has 0 bridgehead atoms. The van der Waals surface area contributed by atoms with E-state index in [1.54, 1.807) is 0 Å². The fraction of sp³-hybridized carbons (Fsp3) is 0.857. The minimum atomic E-state index is 0.733. The lowest BCUT2D eigenvalue weighted by Crippen LogP contribution is -2.24. The van der Waals surface area contributed by atoms with Crippen molar-refractivity contribution >= 4 is 0 Å². The minimum Gasteiger partial charge on any atom is -0.362 e. The van der Waals surface area contributed by atoms with E-state index >= 15 is 0 Å². The average molecular weight is 240 g/mol. The zero-order valence-electron chi connectivity index (χ0n) is 11.5. The van der Waals surface area contributed by atoms with Crippen molar-refractivity contribution in [1.29, 1.82) is 0 Å². The molecule has 0 unspecified atom stereocenters. The summed E-state index contributed by atoms with van der Waals surface area (Å²) in [6, 6.07) is 0. The molecule has 3 heteroatoms. The van der Waals surface area contributed by atoms with Gasteiger partial charge in [0.05, 0.1) is 6.67 Å². The number of rotatable bonds is 10. The molecule has 0 aromatic heterocycles. The third kappa shape index (κ3) is 7.27. The molecule has 0 aromatic carbocycles. The first-order valence-corrected chi connectivity index (χ1v) is 7.03. The summed E-state index contributed by atoms with van der Waals surface area (Å²) in [6.45, 7) is 4.85. The summed E-state index contributed by atoms with van der Waals surface area (Å²) >= 11 is 0. The number of hydrogen-bond donors (Lipinski definition) is 0. The van der Waals surface area contributed by atoms with Gasteiger partial charge in [-0.05, 0) is 6.42 Å². The molecule has 1 rings (SSSR count). The van der Waals surface area contributed by atoms with Gasteiger partial charge in [0.1, 0.15) is 6.73 Å². The van der Waals surface area contributed by atoms with Crippen LogP contribution in [-0.2, 0) is 4.74 Å². The lowest BCUT2D eigenvalue weighted by Gasteiger charge is -2.17.